The summed E-state index contributed by atoms with van der Waals surface area (Å²) in [6.07, 6.45) is 6.23. The van der Waals surface area contributed by atoms with Crippen molar-refractivity contribution in [1.29, 1.82) is 0 Å². The third-order valence-corrected chi connectivity index (χ3v) is 7.17. The summed E-state index contributed by atoms with van der Waals surface area (Å²) in [5, 5.41) is 1.68. The number of nitrogens with one attached hydrogen (secondary N) is 2. The number of halogens is 1. The first-order valence-corrected chi connectivity index (χ1v) is 12.4. The van der Waals surface area contributed by atoms with E-state index in [1.54, 1.807) is 18.6 Å². The summed E-state index contributed by atoms with van der Waals surface area (Å²) >= 11 is 4.74. The van der Waals surface area contributed by atoms with Gasteiger partial charge in [-0.15, -0.1) is 0 Å². The second-order valence-electron chi connectivity index (χ2n) is 8.06. The zero-order chi connectivity index (χ0) is 22.8. The molecule has 0 saturated carbocycles. The fourth-order valence-electron chi connectivity index (χ4n) is 4.15. The molecule has 4 aromatic rings. The van der Waals surface area contributed by atoms with Crippen LogP contribution in [0.25, 0.3) is 11.0 Å². The summed E-state index contributed by atoms with van der Waals surface area (Å²) < 4.78 is 15.5. The molecule has 1 unspecified atom stereocenters. The van der Waals surface area contributed by atoms with Gasteiger partial charge < -0.3 is 19.3 Å². The van der Waals surface area contributed by atoms with Gasteiger partial charge in [0.1, 0.15) is 29.3 Å². The molecule has 1 saturated heterocycles. The van der Waals surface area contributed by atoms with Crippen molar-refractivity contribution in [1.82, 2.24) is 19.9 Å². The zero-order valence-electron chi connectivity index (χ0n) is 18.1. The van der Waals surface area contributed by atoms with Crippen LogP contribution in [-0.2, 0) is 17.1 Å². The third kappa shape index (κ3) is 4.85. The first-order chi connectivity index (χ1) is 16.1. The Hall–Kier alpha value is -3.01. The number of pyridine rings is 1. The topological polar surface area (TPSA) is 96.0 Å². The fourth-order valence-corrected chi connectivity index (χ4v) is 5.30. The van der Waals surface area contributed by atoms with Gasteiger partial charge in [-0.3, -0.25) is 0 Å². The van der Waals surface area contributed by atoms with Crippen molar-refractivity contribution < 1.29 is 4.55 Å². The van der Waals surface area contributed by atoms with E-state index < -0.39 is 11.4 Å². The van der Waals surface area contributed by atoms with Gasteiger partial charge in [-0.2, -0.15) is 0 Å². The summed E-state index contributed by atoms with van der Waals surface area (Å²) in [5.41, 5.74) is 2.50. The van der Waals surface area contributed by atoms with E-state index in [9.17, 15) is 4.55 Å². The first-order valence-electron chi connectivity index (χ1n) is 10.7. The van der Waals surface area contributed by atoms with Gasteiger partial charge in [0.25, 0.3) is 0 Å². The van der Waals surface area contributed by atoms with Gasteiger partial charge in [0, 0.05) is 43.0 Å². The van der Waals surface area contributed by atoms with Crippen LogP contribution >= 0.6 is 11.6 Å². The SMILES string of the molecule is CN(c1ccc(N[S+]([O-])Cc2cccc(Cl)c2)cn1)[C@@H]1CCN(c2ncnc3[nH]ccc23)C1. The number of aromatic amines is 1. The molecule has 2 N–H and O–H groups in total. The predicted octanol–water partition coefficient (Wildman–Crippen LogP) is 4.00. The maximum Gasteiger partial charge on any atom is 0.156 e. The summed E-state index contributed by atoms with van der Waals surface area (Å²) in [4.78, 5) is 21.0. The standard InChI is InChI=1S/C23H24ClN7OS/c1-30(19-8-10-31(13-19)23-20-7-9-25-22(20)27-15-28-23)21-6-5-18(12-26-21)29-33(32)14-16-3-2-4-17(24)11-16/h2-7,9,11-12,15,19,29H,8,10,13-14H2,1H3,(H,25,27,28)/t19-,33?/m1/s1. The largest absolute Gasteiger partial charge is 0.593 e. The van der Waals surface area contributed by atoms with Gasteiger partial charge in [0.05, 0.1) is 22.9 Å². The molecule has 3 aromatic heterocycles. The summed E-state index contributed by atoms with van der Waals surface area (Å²) in [5.74, 6) is 2.21. The summed E-state index contributed by atoms with van der Waals surface area (Å²) in [6, 6.07) is 13.6. The quantitative estimate of drug-likeness (QED) is 0.385. The Labute approximate surface area is 200 Å². The molecule has 0 aliphatic carbocycles. The molecule has 170 valence electrons. The van der Waals surface area contributed by atoms with E-state index >= 15 is 0 Å². The minimum Gasteiger partial charge on any atom is -0.593 e. The van der Waals surface area contributed by atoms with E-state index in [0.717, 1.165) is 53.4 Å². The number of fused-ring (bicyclic) bond motifs is 1. The number of anilines is 3. The molecule has 33 heavy (non-hydrogen) atoms. The number of aromatic nitrogens is 4. The number of hydrogen-bond acceptors (Lipinski definition) is 7. The maximum atomic E-state index is 12.5. The molecule has 10 heteroatoms. The van der Waals surface area contributed by atoms with Crippen LogP contribution in [0.5, 0.6) is 0 Å². The Morgan fingerprint density at radius 1 is 1.24 bits per heavy atom. The lowest BCUT2D eigenvalue weighted by Gasteiger charge is -2.26. The number of nitrogens with zero attached hydrogens (tertiary/aromatic N) is 5. The van der Waals surface area contributed by atoms with Gasteiger partial charge >= 0.3 is 0 Å². The van der Waals surface area contributed by atoms with E-state index in [1.165, 1.54) is 0 Å². The Balaban J connectivity index is 1.20. The van der Waals surface area contributed by atoms with Crippen molar-refractivity contribution in [3.05, 3.63) is 71.8 Å². The number of H-pyrrole nitrogens is 1. The lowest BCUT2D eigenvalue weighted by molar-refractivity contribution is 0.599. The number of rotatable bonds is 7. The van der Waals surface area contributed by atoms with Crippen molar-refractivity contribution >= 4 is 51.3 Å². The van der Waals surface area contributed by atoms with Crippen molar-refractivity contribution in [2.45, 2.75) is 18.2 Å². The third-order valence-electron chi connectivity index (χ3n) is 5.87. The van der Waals surface area contributed by atoms with E-state index in [2.05, 4.69) is 41.5 Å². The highest BCUT2D eigenvalue weighted by atomic mass is 35.5. The van der Waals surface area contributed by atoms with E-state index in [0.29, 0.717) is 16.8 Å². The average Bonchev–Trinajstić information content (AvgIpc) is 3.49. The zero-order valence-corrected chi connectivity index (χ0v) is 19.7. The molecular weight excluding hydrogens is 458 g/mol. The molecular formula is C23H24ClN7OS. The molecule has 5 rings (SSSR count). The molecule has 1 aliphatic rings. The Morgan fingerprint density at radius 2 is 2.15 bits per heavy atom. The van der Waals surface area contributed by atoms with E-state index in [4.69, 9.17) is 11.6 Å². The minimum atomic E-state index is -1.27. The van der Waals surface area contributed by atoms with Crippen LogP contribution in [0.3, 0.4) is 0 Å². The molecule has 0 spiro atoms. The summed E-state index contributed by atoms with van der Waals surface area (Å²) in [7, 11) is 2.06. The molecule has 0 radical (unpaired) electrons. The van der Waals surface area contributed by atoms with Crippen LogP contribution in [-0.4, -0.2) is 50.7 Å². The van der Waals surface area contributed by atoms with Crippen molar-refractivity contribution in [2.75, 3.05) is 34.7 Å². The number of hydrogen-bond donors (Lipinski definition) is 2. The summed E-state index contributed by atoms with van der Waals surface area (Å²) in [6.45, 7) is 1.79. The minimum absolute atomic E-state index is 0.317. The lowest BCUT2D eigenvalue weighted by Crippen LogP contribution is -2.35. The average molecular weight is 482 g/mol. The highest BCUT2D eigenvalue weighted by molar-refractivity contribution is 7.91. The molecule has 0 amide bonds. The monoisotopic (exact) mass is 481 g/mol. The predicted molar refractivity (Wildman–Crippen MR) is 134 cm³/mol. The lowest BCUT2D eigenvalue weighted by atomic mass is 10.2. The number of likely N-dealkylation sites (N-methyl/N-ethyl adjacent to an activating group) is 1. The highest BCUT2D eigenvalue weighted by Gasteiger charge is 2.28. The molecule has 2 atom stereocenters. The van der Waals surface area contributed by atoms with Crippen LogP contribution in [0.2, 0.25) is 5.02 Å². The number of benzene rings is 1. The Morgan fingerprint density at radius 3 is 2.97 bits per heavy atom. The normalized spacial score (nSPS) is 16.8. The Kier molecular flexibility index (Phi) is 6.26. The highest BCUT2D eigenvalue weighted by Crippen LogP contribution is 2.28. The van der Waals surface area contributed by atoms with E-state index in [-0.39, 0.29) is 0 Å². The van der Waals surface area contributed by atoms with Crippen LogP contribution in [0.4, 0.5) is 17.3 Å². The van der Waals surface area contributed by atoms with Gasteiger partial charge in [-0.05, 0) is 36.8 Å². The second-order valence-corrected chi connectivity index (χ2v) is 9.68. The van der Waals surface area contributed by atoms with Crippen molar-refractivity contribution in [3.8, 4) is 0 Å². The smallest absolute Gasteiger partial charge is 0.156 e. The first kappa shape index (κ1) is 21.8. The van der Waals surface area contributed by atoms with Gasteiger partial charge in [0.2, 0.25) is 0 Å². The molecule has 1 aromatic carbocycles. The van der Waals surface area contributed by atoms with Gasteiger partial charge in [-0.25, -0.2) is 19.7 Å². The molecule has 1 fully saturated rings. The second kappa shape index (κ2) is 9.46. The van der Waals surface area contributed by atoms with Crippen molar-refractivity contribution in [2.24, 2.45) is 0 Å². The fraction of sp³-hybridized carbons (Fsp3) is 0.261. The van der Waals surface area contributed by atoms with Crippen LogP contribution < -0.4 is 14.5 Å². The van der Waals surface area contributed by atoms with Crippen LogP contribution in [0.15, 0.2) is 61.2 Å². The van der Waals surface area contributed by atoms with E-state index in [1.807, 2.05) is 42.6 Å². The van der Waals surface area contributed by atoms with Crippen molar-refractivity contribution in [3.63, 3.8) is 0 Å². The maximum absolute atomic E-state index is 12.5. The molecule has 4 heterocycles. The van der Waals surface area contributed by atoms with Crippen LogP contribution in [0, 0.1) is 0 Å². The molecule has 8 nitrogen and oxygen atoms in total. The van der Waals surface area contributed by atoms with Crippen LogP contribution in [0.1, 0.15) is 12.0 Å². The Bertz CT molecular complexity index is 1230. The van der Waals surface area contributed by atoms with Gasteiger partial charge in [0.15, 0.2) is 5.75 Å². The molecule has 0 bridgehead atoms. The van der Waals surface area contributed by atoms with Gasteiger partial charge in [-0.1, -0.05) is 23.7 Å². The molecule has 1 aliphatic heterocycles.